The monoisotopic (exact) mass is 235 g/mol. The van der Waals surface area contributed by atoms with Gasteiger partial charge in [-0.15, -0.1) is 0 Å². The number of aromatic nitrogens is 2. The Morgan fingerprint density at radius 2 is 2.18 bits per heavy atom. The molecule has 3 atom stereocenters. The molecule has 1 fully saturated rings. The van der Waals surface area contributed by atoms with Crippen LogP contribution in [-0.2, 0) is 0 Å². The highest BCUT2D eigenvalue weighted by Gasteiger charge is 2.25. The number of hydrazine groups is 1. The Bertz CT molecular complexity index is 368. The van der Waals surface area contributed by atoms with E-state index in [0.717, 1.165) is 11.7 Å². The zero-order valence-corrected chi connectivity index (χ0v) is 10.5. The van der Waals surface area contributed by atoms with Crippen LogP contribution in [0.3, 0.4) is 0 Å². The molecule has 5 heteroatoms. The van der Waals surface area contributed by atoms with Crippen LogP contribution in [0.15, 0.2) is 12.3 Å². The highest BCUT2D eigenvalue weighted by Crippen LogP contribution is 2.30. The van der Waals surface area contributed by atoms with Gasteiger partial charge < -0.3 is 5.32 Å². The Morgan fingerprint density at radius 1 is 1.35 bits per heavy atom. The second kappa shape index (κ2) is 5.31. The highest BCUT2D eigenvalue weighted by molar-refractivity contribution is 5.39. The molecule has 1 saturated carbocycles. The van der Waals surface area contributed by atoms with Crippen molar-refractivity contribution in [1.82, 2.24) is 9.97 Å². The van der Waals surface area contributed by atoms with E-state index in [9.17, 15) is 0 Å². The molecule has 1 heterocycles. The zero-order chi connectivity index (χ0) is 12.3. The summed E-state index contributed by atoms with van der Waals surface area (Å²) in [4.78, 5) is 8.28. The topological polar surface area (TPSA) is 75.9 Å². The molecule has 0 aromatic carbocycles. The summed E-state index contributed by atoms with van der Waals surface area (Å²) in [7, 11) is 0. The van der Waals surface area contributed by atoms with Gasteiger partial charge in [0.05, 0.1) is 0 Å². The van der Waals surface area contributed by atoms with Crippen molar-refractivity contribution in [2.45, 2.75) is 39.2 Å². The molecule has 5 nitrogen and oxygen atoms in total. The minimum atomic E-state index is 0.451. The van der Waals surface area contributed by atoms with Crippen LogP contribution in [0.4, 0.5) is 11.8 Å². The smallest absolute Gasteiger partial charge is 0.239 e. The van der Waals surface area contributed by atoms with E-state index in [4.69, 9.17) is 5.84 Å². The molecule has 0 spiro atoms. The van der Waals surface area contributed by atoms with Gasteiger partial charge in [0.25, 0.3) is 0 Å². The Labute approximate surface area is 102 Å². The summed E-state index contributed by atoms with van der Waals surface area (Å²) >= 11 is 0. The van der Waals surface area contributed by atoms with Gasteiger partial charge in [0.2, 0.25) is 5.95 Å². The molecule has 0 radical (unpaired) electrons. The van der Waals surface area contributed by atoms with Gasteiger partial charge in [-0.25, -0.2) is 10.8 Å². The van der Waals surface area contributed by atoms with E-state index in [1.807, 2.05) is 6.07 Å². The first-order valence-corrected chi connectivity index (χ1v) is 6.25. The molecule has 2 rings (SSSR count). The third kappa shape index (κ3) is 3.06. The van der Waals surface area contributed by atoms with Crippen molar-refractivity contribution >= 4 is 11.8 Å². The molecule has 3 unspecified atom stereocenters. The van der Waals surface area contributed by atoms with Crippen molar-refractivity contribution in [3.8, 4) is 0 Å². The number of anilines is 2. The first-order chi connectivity index (χ1) is 8.19. The van der Waals surface area contributed by atoms with Gasteiger partial charge in [0.1, 0.15) is 5.82 Å². The maximum atomic E-state index is 5.29. The van der Waals surface area contributed by atoms with Gasteiger partial charge in [-0.3, -0.25) is 5.43 Å². The summed E-state index contributed by atoms with van der Waals surface area (Å²) in [5.74, 6) is 8.12. The Kier molecular flexibility index (Phi) is 3.78. The number of nitrogens with two attached hydrogens (primary N) is 1. The largest absolute Gasteiger partial charge is 0.367 e. The molecule has 0 amide bonds. The minimum absolute atomic E-state index is 0.451. The third-order valence-electron chi connectivity index (χ3n) is 3.55. The molecule has 0 aliphatic heterocycles. The van der Waals surface area contributed by atoms with Crippen molar-refractivity contribution in [3.05, 3.63) is 12.3 Å². The molecule has 4 N–H and O–H groups in total. The van der Waals surface area contributed by atoms with E-state index >= 15 is 0 Å². The van der Waals surface area contributed by atoms with E-state index in [1.54, 1.807) is 6.20 Å². The predicted molar refractivity (Wildman–Crippen MR) is 69.4 cm³/mol. The number of nitrogen functional groups attached to an aromatic ring is 1. The maximum Gasteiger partial charge on any atom is 0.239 e. The van der Waals surface area contributed by atoms with E-state index in [0.29, 0.717) is 17.9 Å². The summed E-state index contributed by atoms with van der Waals surface area (Å²) in [5.41, 5.74) is 2.46. The molecule has 1 aliphatic carbocycles. The normalized spacial score (nSPS) is 28.8. The molecule has 1 aromatic rings. The lowest BCUT2D eigenvalue weighted by molar-refractivity contribution is 0.276. The fourth-order valence-corrected chi connectivity index (χ4v) is 2.58. The molecule has 1 aliphatic rings. The van der Waals surface area contributed by atoms with E-state index in [1.165, 1.54) is 19.3 Å². The average molecular weight is 235 g/mol. The summed E-state index contributed by atoms with van der Waals surface area (Å²) in [6.45, 7) is 4.63. The van der Waals surface area contributed by atoms with Crippen molar-refractivity contribution in [1.29, 1.82) is 0 Å². The van der Waals surface area contributed by atoms with Crippen LogP contribution in [-0.4, -0.2) is 16.0 Å². The average Bonchev–Trinajstić information content (AvgIpc) is 2.33. The number of rotatable bonds is 3. The third-order valence-corrected chi connectivity index (χ3v) is 3.55. The van der Waals surface area contributed by atoms with Crippen LogP contribution >= 0.6 is 0 Å². The summed E-state index contributed by atoms with van der Waals surface area (Å²) in [5, 5.41) is 3.48. The molecule has 17 heavy (non-hydrogen) atoms. The van der Waals surface area contributed by atoms with Crippen LogP contribution in [0.5, 0.6) is 0 Å². The van der Waals surface area contributed by atoms with Gasteiger partial charge in [-0.2, -0.15) is 4.98 Å². The van der Waals surface area contributed by atoms with E-state index < -0.39 is 0 Å². The molecule has 1 aromatic heterocycles. The van der Waals surface area contributed by atoms with Crippen molar-refractivity contribution in [3.63, 3.8) is 0 Å². The number of hydrogen-bond acceptors (Lipinski definition) is 5. The maximum absolute atomic E-state index is 5.29. The van der Waals surface area contributed by atoms with Gasteiger partial charge in [0, 0.05) is 12.2 Å². The Balaban J connectivity index is 2.00. The number of nitrogens with zero attached hydrogens (tertiary/aromatic N) is 2. The van der Waals surface area contributed by atoms with Gasteiger partial charge in [0.15, 0.2) is 0 Å². The van der Waals surface area contributed by atoms with Crippen LogP contribution in [0.25, 0.3) is 0 Å². The second-order valence-corrected chi connectivity index (χ2v) is 5.06. The van der Waals surface area contributed by atoms with Gasteiger partial charge in [-0.05, 0) is 37.2 Å². The van der Waals surface area contributed by atoms with Crippen molar-refractivity contribution < 1.29 is 0 Å². The standard InChI is InChI=1S/C12H21N5/c1-8-3-4-10(9(2)7-8)15-11-5-6-14-12(16-11)17-13/h5-6,8-10H,3-4,7,13H2,1-2H3,(H2,14,15,16,17). The molecule has 94 valence electrons. The van der Waals surface area contributed by atoms with Gasteiger partial charge >= 0.3 is 0 Å². The van der Waals surface area contributed by atoms with Crippen LogP contribution in [0.2, 0.25) is 0 Å². The number of nitrogens with one attached hydrogen (secondary N) is 2. The predicted octanol–water partition coefficient (Wildman–Crippen LogP) is 2.00. The minimum Gasteiger partial charge on any atom is -0.367 e. The van der Waals surface area contributed by atoms with E-state index in [2.05, 4.69) is 34.6 Å². The fraction of sp³-hybridized carbons (Fsp3) is 0.667. The lowest BCUT2D eigenvalue weighted by Crippen LogP contribution is -2.33. The van der Waals surface area contributed by atoms with Gasteiger partial charge in [-0.1, -0.05) is 13.8 Å². The lowest BCUT2D eigenvalue weighted by Gasteiger charge is -2.33. The lowest BCUT2D eigenvalue weighted by atomic mass is 9.80. The molecular formula is C12H21N5. The molecule has 0 bridgehead atoms. The van der Waals surface area contributed by atoms with E-state index in [-0.39, 0.29) is 0 Å². The Morgan fingerprint density at radius 3 is 2.88 bits per heavy atom. The molecule has 0 saturated heterocycles. The summed E-state index contributed by atoms with van der Waals surface area (Å²) in [6, 6.07) is 2.39. The van der Waals surface area contributed by atoms with Crippen LogP contribution in [0.1, 0.15) is 33.1 Å². The molecular weight excluding hydrogens is 214 g/mol. The van der Waals surface area contributed by atoms with Crippen LogP contribution < -0.4 is 16.6 Å². The quantitative estimate of drug-likeness (QED) is 0.552. The fourth-order valence-electron chi connectivity index (χ4n) is 2.58. The Hall–Kier alpha value is -1.36. The first-order valence-electron chi connectivity index (χ1n) is 6.25. The SMILES string of the molecule is CC1CCC(Nc2ccnc(NN)n2)C(C)C1. The summed E-state index contributed by atoms with van der Waals surface area (Å²) in [6.07, 6.45) is 5.48. The first kappa shape index (κ1) is 12.1. The number of hydrogen-bond donors (Lipinski definition) is 3. The van der Waals surface area contributed by atoms with Crippen molar-refractivity contribution in [2.75, 3.05) is 10.7 Å². The van der Waals surface area contributed by atoms with Crippen molar-refractivity contribution in [2.24, 2.45) is 17.7 Å². The van der Waals surface area contributed by atoms with Crippen LogP contribution in [0, 0.1) is 11.8 Å². The summed E-state index contributed by atoms with van der Waals surface area (Å²) < 4.78 is 0. The second-order valence-electron chi connectivity index (χ2n) is 5.06. The zero-order valence-electron chi connectivity index (χ0n) is 10.5. The highest BCUT2D eigenvalue weighted by atomic mass is 15.3.